The minimum atomic E-state index is 0.100. The first-order valence-corrected chi connectivity index (χ1v) is 6.49. The molecule has 0 aliphatic carbocycles. The smallest absolute Gasteiger partial charge is 0.233 e. The highest BCUT2D eigenvalue weighted by Gasteiger charge is 2.08. The van der Waals surface area contributed by atoms with E-state index >= 15 is 0 Å². The van der Waals surface area contributed by atoms with E-state index in [1.165, 1.54) is 0 Å². The zero-order valence-electron chi connectivity index (χ0n) is 10.1. The molecule has 0 radical (unpaired) electrons. The van der Waals surface area contributed by atoms with Gasteiger partial charge < -0.3 is 9.84 Å². The molecule has 4 heteroatoms. The molecule has 0 spiro atoms. The number of halogens is 1. The van der Waals surface area contributed by atoms with Crippen molar-refractivity contribution in [2.75, 3.05) is 6.61 Å². The van der Waals surface area contributed by atoms with Crippen LogP contribution in [0, 0.1) is 6.92 Å². The average Bonchev–Trinajstić information content (AvgIpc) is 2.35. The van der Waals surface area contributed by atoms with Crippen LogP contribution in [0.15, 0.2) is 41.0 Å². The molecular weight excluding hydrogens is 294 g/mol. The number of hydrogen-bond donors (Lipinski definition) is 1. The van der Waals surface area contributed by atoms with Crippen molar-refractivity contribution >= 4 is 15.9 Å². The molecule has 0 amide bonds. The molecule has 1 N–H and O–H groups in total. The van der Waals surface area contributed by atoms with Crippen molar-refractivity contribution in [2.24, 2.45) is 0 Å². The summed E-state index contributed by atoms with van der Waals surface area (Å²) in [5, 5.41) is 9.02. The van der Waals surface area contributed by atoms with Crippen molar-refractivity contribution in [1.82, 2.24) is 4.98 Å². The van der Waals surface area contributed by atoms with Gasteiger partial charge in [-0.15, -0.1) is 0 Å². The number of aliphatic hydroxyl groups is 1. The third-order valence-electron chi connectivity index (χ3n) is 2.50. The fourth-order valence-electron chi connectivity index (χ4n) is 1.63. The minimum absolute atomic E-state index is 0.100. The zero-order valence-corrected chi connectivity index (χ0v) is 11.6. The maximum atomic E-state index is 9.02. The summed E-state index contributed by atoms with van der Waals surface area (Å²) in [6.07, 6.45) is 2.33. The molecule has 0 bridgehead atoms. The van der Waals surface area contributed by atoms with Crippen molar-refractivity contribution in [1.29, 1.82) is 0 Å². The standard InChI is InChI=1S/C14H14BrNO2/c1-10-8-12(15)14(16-9-10)18-13-5-3-2-4-11(13)6-7-17/h2-5,8-9,17H,6-7H2,1H3. The van der Waals surface area contributed by atoms with E-state index in [4.69, 9.17) is 9.84 Å². The quantitative estimate of drug-likeness (QED) is 0.940. The van der Waals surface area contributed by atoms with Crippen LogP contribution in [-0.4, -0.2) is 16.7 Å². The Morgan fingerprint density at radius 2 is 2.11 bits per heavy atom. The Kier molecular flexibility index (Phi) is 4.33. The predicted octanol–water partition coefficient (Wildman–Crippen LogP) is 3.48. The number of benzene rings is 1. The lowest BCUT2D eigenvalue weighted by Crippen LogP contribution is -1.96. The Morgan fingerprint density at radius 3 is 2.83 bits per heavy atom. The van der Waals surface area contributed by atoms with Gasteiger partial charge in [-0.1, -0.05) is 18.2 Å². The molecule has 3 nitrogen and oxygen atoms in total. The molecule has 94 valence electrons. The highest BCUT2D eigenvalue weighted by atomic mass is 79.9. The molecule has 0 saturated carbocycles. The second kappa shape index (κ2) is 5.98. The van der Waals surface area contributed by atoms with Gasteiger partial charge in [-0.05, 0) is 52.5 Å². The van der Waals surface area contributed by atoms with E-state index in [9.17, 15) is 0 Å². The topological polar surface area (TPSA) is 42.4 Å². The van der Waals surface area contributed by atoms with E-state index in [0.29, 0.717) is 12.3 Å². The van der Waals surface area contributed by atoms with Gasteiger partial charge in [0.05, 0.1) is 4.47 Å². The van der Waals surface area contributed by atoms with Crippen LogP contribution in [0.25, 0.3) is 0 Å². The number of nitrogens with zero attached hydrogens (tertiary/aromatic N) is 1. The van der Waals surface area contributed by atoms with Crippen molar-refractivity contribution in [3.63, 3.8) is 0 Å². The summed E-state index contributed by atoms with van der Waals surface area (Å²) in [6.45, 7) is 2.07. The van der Waals surface area contributed by atoms with Gasteiger partial charge >= 0.3 is 0 Å². The number of ether oxygens (including phenoxy) is 1. The maximum Gasteiger partial charge on any atom is 0.233 e. The summed E-state index contributed by atoms with van der Waals surface area (Å²) in [5.41, 5.74) is 2.03. The van der Waals surface area contributed by atoms with E-state index in [0.717, 1.165) is 21.3 Å². The van der Waals surface area contributed by atoms with Crippen molar-refractivity contribution < 1.29 is 9.84 Å². The fourth-order valence-corrected chi connectivity index (χ4v) is 2.18. The highest BCUT2D eigenvalue weighted by Crippen LogP contribution is 2.30. The monoisotopic (exact) mass is 307 g/mol. The lowest BCUT2D eigenvalue weighted by atomic mass is 10.1. The zero-order chi connectivity index (χ0) is 13.0. The van der Waals surface area contributed by atoms with Crippen LogP contribution < -0.4 is 4.74 Å². The number of para-hydroxylation sites is 1. The summed E-state index contributed by atoms with van der Waals surface area (Å²) in [4.78, 5) is 4.24. The van der Waals surface area contributed by atoms with Gasteiger partial charge in [0.2, 0.25) is 5.88 Å². The Morgan fingerprint density at radius 1 is 1.33 bits per heavy atom. The summed E-state index contributed by atoms with van der Waals surface area (Å²) >= 11 is 3.43. The van der Waals surface area contributed by atoms with Crippen LogP contribution in [0.1, 0.15) is 11.1 Å². The van der Waals surface area contributed by atoms with E-state index in [1.54, 1.807) is 6.20 Å². The summed E-state index contributed by atoms with van der Waals surface area (Å²) in [5.74, 6) is 1.26. The van der Waals surface area contributed by atoms with Crippen LogP contribution in [0.3, 0.4) is 0 Å². The van der Waals surface area contributed by atoms with E-state index in [1.807, 2.05) is 37.3 Å². The van der Waals surface area contributed by atoms with Gasteiger partial charge in [0, 0.05) is 12.8 Å². The lowest BCUT2D eigenvalue weighted by Gasteiger charge is -2.10. The third-order valence-corrected chi connectivity index (χ3v) is 3.07. The van der Waals surface area contributed by atoms with E-state index in [-0.39, 0.29) is 6.61 Å². The van der Waals surface area contributed by atoms with Crippen molar-refractivity contribution in [3.05, 3.63) is 52.1 Å². The Hall–Kier alpha value is -1.39. The second-order valence-corrected chi connectivity index (χ2v) is 4.84. The molecule has 0 unspecified atom stereocenters. The maximum absolute atomic E-state index is 9.02. The highest BCUT2D eigenvalue weighted by molar-refractivity contribution is 9.10. The molecule has 18 heavy (non-hydrogen) atoms. The lowest BCUT2D eigenvalue weighted by molar-refractivity contribution is 0.297. The van der Waals surface area contributed by atoms with Crippen LogP contribution >= 0.6 is 15.9 Å². The number of aryl methyl sites for hydroxylation is 1. The van der Waals surface area contributed by atoms with Gasteiger partial charge in [-0.2, -0.15) is 0 Å². The molecule has 0 aliphatic rings. The molecule has 0 saturated heterocycles. The number of pyridine rings is 1. The molecule has 1 aromatic heterocycles. The number of aromatic nitrogens is 1. The SMILES string of the molecule is Cc1cnc(Oc2ccccc2CCO)c(Br)c1. The van der Waals surface area contributed by atoms with Crippen LogP contribution in [0.2, 0.25) is 0 Å². The predicted molar refractivity (Wildman–Crippen MR) is 74.0 cm³/mol. The molecule has 2 rings (SSSR count). The van der Waals surface area contributed by atoms with Gasteiger partial charge in [-0.3, -0.25) is 0 Å². The Balaban J connectivity index is 2.28. The molecular formula is C14H14BrNO2. The first-order valence-electron chi connectivity index (χ1n) is 5.69. The second-order valence-electron chi connectivity index (χ2n) is 3.98. The molecule has 2 aromatic rings. The summed E-state index contributed by atoms with van der Waals surface area (Å²) in [6, 6.07) is 9.59. The number of hydrogen-bond acceptors (Lipinski definition) is 3. The molecule has 0 aliphatic heterocycles. The van der Waals surface area contributed by atoms with Crippen LogP contribution in [0.5, 0.6) is 11.6 Å². The number of rotatable bonds is 4. The van der Waals surface area contributed by atoms with Crippen molar-refractivity contribution in [3.8, 4) is 11.6 Å². The molecule has 1 heterocycles. The summed E-state index contributed by atoms with van der Waals surface area (Å²) < 4.78 is 6.60. The Labute approximate surface area is 115 Å². The Bertz CT molecular complexity index is 543. The van der Waals surface area contributed by atoms with E-state index in [2.05, 4.69) is 20.9 Å². The van der Waals surface area contributed by atoms with Gasteiger partial charge in [-0.25, -0.2) is 4.98 Å². The van der Waals surface area contributed by atoms with Gasteiger partial charge in [0.25, 0.3) is 0 Å². The molecule has 0 atom stereocenters. The summed E-state index contributed by atoms with van der Waals surface area (Å²) in [7, 11) is 0. The largest absolute Gasteiger partial charge is 0.438 e. The van der Waals surface area contributed by atoms with Crippen LogP contribution in [-0.2, 0) is 6.42 Å². The fraction of sp³-hybridized carbons (Fsp3) is 0.214. The van der Waals surface area contributed by atoms with Gasteiger partial charge in [0.15, 0.2) is 0 Å². The molecule has 0 fully saturated rings. The van der Waals surface area contributed by atoms with Crippen molar-refractivity contribution in [2.45, 2.75) is 13.3 Å². The average molecular weight is 308 g/mol. The normalized spacial score (nSPS) is 10.4. The van der Waals surface area contributed by atoms with Gasteiger partial charge in [0.1, 0.15) is 5.75 Å². The van der Waals surface area contributed by atoms with E-state index < -0.39 is 0 Å². The first-order chi connectivity index (χ1) is 8.70. The minimum Gasteiger partial charge on any atom is -0.438 e. The number of aliphatic hydroxyl groups excluding tert-OH is 1. The molecule has 1 aromatic carbocycles. The first kappa shape index (κ1) is 13.1. The van der Waals surface area contributed by atoms with Crippen LogP contribution in [0.4, 0.5) is 0 Å². The third kappa shape index (κ3) is 3.09.